The summed E-state index contributed by atoms with van der Waals surface area (Å²) < 4.78 is 46.5. The van der Waals surface area contributed by atoms with Gasteiger partial charge in [0, 0.05) is 34.2 Å². The third-order valence-corrected chi connectivity index (χ3v) is 5.64. The lowest BCUT2D eigenvalue weighted by molar-refractivity contribution is -0.160. The normalized spacial score (nSPS) is 17.6. The van der Waals surface area contributed by atoms with Crippen molar-refractivity contribution in [2.45, 2.75) is 45.3 Å². The van der Waals surface area contributed by atoms with E-state index in [2.05, 4.69) is 10.3 Å². The Morgan fingerprint density at radius 3 is 2.29 bits per heavy atom. The molecule has 0 aliphatic carbocycles. The minimum absolute atomic E-state index is 0.129. The van der Waals surface area contributed by atoms with Crippen molar-refractivity contribution in [1.82, 2.24) is 10.3 Å². The van der Waals surface area contributed by atoms with Gasteiger partial charge in [-0.3, -0.25) is 0 Å². The van der Waals surface area contributed by atoms with Gasteiger partial charge in [0.25, 0.3) is 0 Å². The van der Waals surface area contributed by atoms with Crippen molar-refractivity contribution >= 4 is 39.8 Å². The highest BCUT2D eigenvalue weighted by Crippen LogP contribution is 2.46. The van der Waals surface area contributed by atoms with Gasteiger partial charge < -0.3 is 20.8 Å². The van der Waals surface area contributed by atoms with Gasteiger partial charge in [-0.05, 0) is 35.9 Å². The summed E-state index contributed by atoms with van der Waals surface area (Å²) in [7, 11) is 0. The number of H-pyrrole nitrogens is 1. The lowest BCUT2D eigenvalue weighted by Crippen LogP contribution is -2.46. The van der Waals surface area contributed by atoms with Crippen LogP contribution in [0.2, 0.25) is 10.0 Å². The minimum Gasteiger partial charge on any atom is -0.454 e. The summed E-state index contributed by atoms with van der Waals surface area (Å²) in [6, 6.07) is 6.32. The van der Waals surface area contributed by atoms with Crippen LogP contribution in [0.5, 0.6) is 11.5 Å². The molecular weight excluding hydrogens is 450 g/mol. The molecule has 1 aliphatic rings. The zero-order valence-electron chi connectivity index (χ0n) is 17.5. The van der Waals surface area contributed by atoms with Crippen molar-refractivity contribution < 1.29 is 17.9 Å². The van der Waals surface area contributed by atoms with E-state index in [1.165, 1.54) is 12.1 Å². The molecule has 9 heteroatoms. The molecule has 0 saturated heterocycles. The summed E-state index contributed by atoms with van der Waals surface area (Å²) in [5.41, 5.74) is 6.95. The van der Waals surface area contributed by atoms with E-state index < -0.39 is 17.6 Å². The van der Waals surface area contributed by atoms with Crippen LogP contribution in [0.3, 0.4) is 0 Å². The van der Waals surface area contributed by atoms with E-state index in [-0.39, 0.29) is 28.0 Å². The Hall–Kier alpha value is -2.09. The Balaban J connectivity index is 0.00000132. The number of benzene rings is 2. The Morgan fingerprint density at radius 1 is 1.10 bits per heavy atom. The molecule has 0 bridgehead atoms. The predicted octanol–water partition coefficient (Wildman–Crippen LogP) is 7.36. The van der Waals surface area contributed by atoms with Crippen LogP contribution >= 0.6 is 23.2 Å². The van der Waals surface area contributed by atoms with E-state index in [0.29, 0.717) is 27.9 Å². The molecule has 168 valence electrons. The molecule has 0 amide bonds. The van der Waals surface area contributed by atoms with E-state index in [1.54, 1.807) is 18.2 Å². The minimum atomic E-state index is -4.41. The second kappa shape index (κ2) is 8.45. The number of anilines is 1. The van der Waals surface area contributed by atoms with Crippen molar-refractivity contribution in [1.29, 1.82) is 0 Å². The first kappa shape index (κ1) is 23.6. The number of hydrogen-bond acceptors (Lipinski definition) is 3. The highest BCUT2D eigenvalue weighted by molar-refractivity contribution is 6.37. The average molecular weight is 474 g/mol. The van der Waals surface area contributed by atoms with Crippen molar-refractivity contribution in [3.63, 3.8) is 0 Å². The maximum absolute atomic E-state index is 13.5. The monoisotopic (exact) mass is 473 g/mol. The molecule has 1 aromatic heterocycles. The summed E-state index contributed by atoms with van der Waals surface area (Å²) in [4.78, 5) is 2.94. The lowest BCUT2D eigenvalue weighted by Gasteiger charge is -2.36. The Morgan fingerprint density at radius 2 is 1.71 bits per heavy atom. The molecule has 2 heterocycles. The van der Waals surface area contributed by atoms with E-state index in [9.17, 15) is 13.2 Å². The molecule has 31 heavy (non-hydrogen) atoms. The third kappa shape index (κ3) is 4.45. The van der Waals surface area contributed by atoms with Crippen LogP contribution in [0.4, 0.5) is 18.9 Å². The SMILES string of the molecule is CC.CC1(C)CNC(C(F)(F)F)c2[nH]c3ccc(Oc4c(Cl)cc(N)cc4Cl)cc3c21. The van der Waals surface area contributed by atoms with Crippen LogP contribution in [-0.4, -0.2) is 17.7 Å². The highest BCUT2D eigenvalue weighted by Gasteiger charge is 2.48. The molecule has 0 saturated carbocycles. The number of hydrogen-bond donors (Lipinski definition) is 3. The summed E-state index contributed by atoms with van der Waals surface area (Å²) >= 11 is 12.4. The molecular formula is C22H24Cl2F3N3O. The number of aromatic amines is 1. The maximum atomic E-state index is 13.5. The van der Waals surface area contributed by atoms with Gasteiger partial charge in [-0.25, -0.2) is 0 Å². The van der Waals surface area contributed by atoms with Crippen molar-refractivity contribution in [2.24, 2.45) is 0 Å². The maximum Gasteiger partial charge on any atom is 0.409 e. The fraction of sp³-hybridized carbons (Fsp3) is 0.364. The van der Waals surface area contributed by atoms with Gasteiger partial charge >= 0.3 is 6.18 Å². The molecule has 4 rings (SSSR count). The number of nitrogens with two attached hydrogens (primary N) is 1. The van der Waals surface area contributed by atoms with Crippen LogP contribution in [0.25, 0.3) is 10.9 Å². The molecule has 1 atom stereocenters. The quantitative estimate of drug-likeness (QED) is 0.340. The first-order chi connectivity index (χ1) is 14.5. The summed E-state index contributed by atoms with van der Waals surface area (Å²) in [5, 5.41) is 3.76. The van der Waals surface area contributed by atoms with Gasteiger partial charge in [0.05, 0.1) is 10.0 Å². The smallest absolute Gasteiger partial charge is 0.409 e. The van der Waals surface area contributed by atoms with Crippen LogP contribution < -0.4 is 15.8 Å². The molecule has 4 nitrogen and oxygen atoms in total. The number of rotatable bonds is 2. The van der Waals surface area contributed by atoms with E-state index in [4.69, 9.17) is 33.7 Å². The number of alkyl halides is 3. The van der Waals surface area contributed by atoms with Crippen LogP contribution in [0, 0.1) is 0 Å². The molecule has 1 aliphatic heterocycles. The fourth-order valence-corrected chi connectivity index (χ4v) is 4.40. The van der Waals surface area contributed by atoms with Gasteiger partial charge in [0.15, 0.2) is 5.75 Å². The van der Waals surface area contributed by atoms with Crippen molar-refractivity contribution in [3.8, 4) is 11.5 Å². The average Bonchev–Trinajstić information content (AvgIpc) is 3.05. The molecule has 0 spiro atoms. The molecule has 4 N–H and O–H groups in total. The number of halogens is 5. The zero-order chi connectivity index (χ0) is 23.1. The third-order valence-electron chi connectivity index (χ3n) is 5.08. The number of fused-ring (bicyclic) bond motifs is 3. The van der Waals surface area contributed by atoms with Gasteiger partial charge in [0.1, 0.15) is 11.8 Å². The topological polar surface area (TPSA) is 63.1 Å². The Bertz CT molecular complexity index is 1090. The number of nitrogens with one attached hydrogen (secondary N) is 2. The van der Waals surface area contributed by atoms with Gasteiger partial charge in [-0.2, -0.15) is 13.2 Å². The van der Waals surface area contributed by atoms with E-state index in [0.717, 1.165) is 0 Å². The van der Waals surface area contributed by atoms with Crippen LogP contribution in [0.1, 0.15) is 45.0 Å². The van der Waals surface area contributed by atoms with Gasteiger partial charge in [0.2, 0.25) is 0 Å². The fourth-order valence-electron chi connectivity index (χ4n) is 3.82. The summed E-state index contributed by atoms with van der Waals surface area (Å²) in [6.45, 7) is 8.00. The van der Waals surface area contributed by atoms with Crippen LogP contribution in [0.15, 0.2) is 30.3 Å². The van der Waals surface area contributed by atoms with E-state index >= 15 is 0 Å². The standard InChI is InChI=1S/C20H18Cl2F3N3O.C2H6/c1-19(2)8-27-18(20(23,24)25)16-15(19)11-7-10(3-4-14(11)28-16)29-17-12(21)5-9(26)6-13(17)22;1-2/h3-7,18,27-28H,8,26H2,1-2H3;1-2H3. The first-order valence-electron chi connectivity index (χ1n) is 9.86. The highest BCUT2D eigenvalue weighted by atomic mass is 35.5. The second-order valence-corrected chi connectivity index (χ2v) is 8.59. The molecule has 0 fully saturated rings. The van der Waals surface area contributed by atoms with Crippen molar-refractivity contribution in [3.05, 3.63) is 51.6 Å². The van der Waals surface area contributed by atoms with Gasteiger partial charge in [-0.1, -0.05) is 50.9 Å². The second-order valence-electron chi connectivity index (χ2n) is 7.78. The number of aromatic nitrogens is 1. The van der Waals surface area contributed by atoms with E-state index in [1.807, 2.05) is 27.7 Å². The molecule has 0 radical (unpaired) electrons. The predicted molar refractivity (Wildman–Crippen MR) is 120 cm³/mol. The largest absolute Gasteiger partial charge is 0.454 e. The number of nitrogen functional groups attached to an aromatic ring is 1. The zero-order valence-corrected chi connectivity index (χ0v) is 19.1. The summed E-state index contributed by atoms with van der Waals surface area (Å²) in [6.07, 6.45) is -4.41. The van der Waals surface area contributed by atoms with Crippen LogP contribution in [-0.2, 0) is 5.41 Å². The number of ether oxygens (including phenoxy) is 1. The molecule has 1 unspecified atom stereocenters. The first-order valence-corrected chi connectivity index (χ1v) is 10.6. The van der Waals surface area contributed by atoms with Gasteiger partial charge in [-0.15, -0.1) is 0 Å². The molecule has 3 aromatic rings. The lowest BCUT2D eigenvalue weighted by atomic mass is 9.78. The summed E-state index contributed by atoms with van der Waals surface area (Å²) in [5.74, 6) is 0.645. The Labute approximate surface area is 188 Å². The molecule has 2 aromatic carbocycles. The van der Waals surface area contributed by atoms with Crippen molar-refractivity contribution in [2.75, 3.05) is 12.3 Å². The Kier molecular flexibility index (Phi) is 6.42.